The fourth-order valence-corrected chi connectivity index (χ4v) is 3.18. The molecule has 3 aromatic rings. The molecular formula is C21H21ClN2O5. The average Bonchev–Trinajstić information content (AvgIpc) is 3.04. The Balaban J connectivity index is 1.82. The van der Waals surface area contributed by atoms with Crippen LogP contribution in [0.25, 0.3) is 5.69 Å². The van der Waals surface area contributed by atoms with Gasteiger partial charge in [0.2, 0.25) is 5.75 Å². The van der Waals surface area contributed by atoms with Gasteiger partial charge in [0.25, 0.3) is 0 Å². The third-order valence-electron chi connectivity index (χ3n) is 4.37. The lowest BCUT2D eigenvalue weighted by atomic mass is 10.2. The molecule has 0 aliphatic heterocycles. The Morgan fingerprint density at radius 3 is 2.21 bits per heavy atom. The van der Waals surface area contributed by atoms with Crippen LogP contribution in [0.4, 0.5) is 0 Å². The summed E-state index contributed by atoms with van der Waals surface area (Å²) >= 11 is 6.48. The van der Waals surface area contributed by atoms with Crippen molar-refractivity contribution in [2.75, 3.05) is 21.3 Å². The number of carbonyl (C=O) groups is 1. The fraction of sp³-hybridized carbons (Fsp3) is 0.238. The Morgan fingerprint density at radius 1 is 1.03 bits per heavy atom. The van der Waals surface area contributed by atoms with Crippen LogP contribution in [0.1, 0.15) is 21.6 Å². The summed E-state index contributed by atoms with van der Waals surface area (Å²) in [5.74, 6) is 0.580. The van der Waals surface area contributed by atoms with Gasteiger partial charge in [-0.25, -0.2) is 9.48 Å². The minimum Gasteiger partial charge on any atom is -0.493 e. The van der Waals surface area contributed by atoms with E-state index in [-0.39, 0.29) is 12.2 Å². The van der Waals surface area contributed by atoms with Crippen molar-refractivity contribution in [3.63, 3.8) is 0 Å². The van der Waals surface area contributed by atoms with Gasteiger partial charge < -0.3 is 18.9 Å². The molecule has 0 bridgehead atoms. The summed E-state index contributed by atoms with van der Waals surface area (Å²) in [5, 5.41) is 4.84. The van der Waals surface area contributed by atoms with Gasteiger partial charge in [-0.05, 0) is 31.2 Å². The maximum Gasteiger partial charge on any atom is 0.338 e. The molecule has 0 aliphatic carbocycles. The maximum absolute atomic E-state index is 12.6. The number of ether oxygens (including phenoxy) is 4. The Labute approximate surface area is 173 Å². The number of rotatable bonds is 7. The van der Waals surface area contributed by atoms with Crippen LogP contribution in [0, 0.1) is 6.92 Å². The van der Waals surface area contributed by atoms with Crippen molar-refractivity contribution >= 4 is 17.6 Å². The molecule has 0 saturated heterocycles. The number of hydrogen-bond acceptors (Lipinski definition) is 6. The van der Waals surface area contributed by atoms with Crippen LogP contribution in [0.15, 0.2) is 42.5 Å². The van der Waals surface area contributed by atoms with E-state index in [4.69, 9.17) is 30.5 Å². The Morgan fingerprint density at radius 2 is 1.66 bits per heavy atom. The van der Waals surface area contributed by atoms with Gasteiger partial charge in [0.1, 0.15) is 11.8 Å². The van der Waals surface area contributed by atoms with E-state index >= 15 is 0 Å². The zero-order chi connectivity index (χ0) is 21.0. The number of methoxy groups -OCH3 is 3. The normalized spacial score (nSPS) is 10.5. The van der Waals surface area contributed by atoms with E-state index in [0.717, 1.165) is 5.69 Å². The molecule has 2 aromatic carbocycles. The van der Waals surface area contributed by atoms with E-state index in [2.05, 4.69) is 5.10 Å². The number of nitrogens with zero attached hydrogens (tertiary/aromatic N) is 2. The van der Waals surface area contributed by atoms with Gasteiger partial charge in [0.15, 0.2) is 11.5 Å². The first-order valence-electron chi connectivity index (χ1n) is 8.76. The van der Waals surface area contributed by atoms with Crippen LogP contribution in [0.3, 0.4) is 0 Å². The second-order valence-electron chi connectivity index (χ2n) is 6.09. The van der Waals surface area contributed by atoms with E-state index in [0.29, 0.717) is 33.7 Å². The lowest BCUT2D eigenvalue weighted by molar-refractivity contribution is 0.0471. The molecule has 1 heterocycles. The lowest BCUT2D eigenvalue weighted by Crippen LogP contribution is -2.07. The molecule has 0 aliphatic rings. The molecule has 29 heavy (non-hydrogen) atoms. The van der Waals surface area contributed by atoms with Crippen molar-refractivity contribution in [1.82, 2.24) is 9.78 Å². The van der Waals surface area contributed by atoms with E-state index in [1.165, 1.54) is 33.5 Å². The van der Waals surface area contributed by atoms with Crippen LogP contribution < -0.4 is 14.2 Å². The second-order valence-corrected chi connectivity index (χ2v) is 6.45. The Bertz CT molecular complexity index is 992. The average molecular weight is 417 g/mol. The van der Waals surface area contributed by atoms with Crippen LogP contribution in [0.2, 0.25) is 5.15 Å². The molecule has 0 radical (unpaired) electrons. The lowest BCUT2D eigenvalue weighted by Gasteiger charge is -2.13. The highest BCUT2D eigenvalue weighted by atomic mass is 35.5. The zero-order valence-electron chi connectivity index (χ0n) is 16.6. The number of hydrogen-bond donors (Lipinski definition) is 0. The molecule has 0 amide bonds. The van der Waals surface area contributed by atoms with Gasteiger partial charge in [0, 0.05) is 5.56 Å². The summed E-state index contributed by atoms with van der Waals surface area (Å²) < 4.78 is 22.9. The number of halogens is 1. The quantitative estimate of drug-likeness (QED) is 0.537. The van der Waals surface area contributed by atoms with Crippen molar-refractivity contribution in [3.8, 4) is 22.9 Å². The van der Waals surface area contributed by atoms with E-state index < -0.39 is 5.97 Å². The highest BCUT2D eigenvalue weighted by Crippen LogP contribution is 2.38. The van der Waals surface area contributed by atoms with Gasteiger partial charge >= 0.3 is 5.97 Å². The maximum atomic E-state index is 12.6. The first-order valence-corrected chi connectivity index (χ1v) is 9.14. The molecule has 0 unspecified atom stereocenters. The first-order chi connectivity index (χ1) is 14.0. The molecule has 3 rings (SSSR count). The molecule has 0 spiro atoms. The van der Waals surface area contributed by atoms with Crippen LogP contribution in [-0.4, -0.2) is 37.1 Å². The largest absolute Gasteiger partial charge is 0.493 e. The van der Waals surface area contributed by atoms with Crippen molar-refractivity contribution in [3.05, 3.63) is 64.4 Å². The highest BCUT2D eigenvalue weighted by Gasteiger charge is 2.20. The number of aromatic nitrogens is 2. The molecule has 8 heteroatoms. The molecule has 0 saturated carbocycles. The number of para-hydroxylation sites is 1. The van der Waals surface area contributed by atoms with Crippen molar-refractivity contribution in [2.45, 2.75) is 13.5 Å². The SMILES string of the molecule is COc1cc(C(=O)OCc2c(C)nn(-c3ccccc3)c2Cl)cc(OC)c1OC. The van der Waals surface area contributed by atoms with Crippen molar-refractivity contribution in [2.24, 2.45) is 0 Å². The van der Waals surface area contributed by atoms with E-state index in [1.807, 2.05) is 37.3 Å². The molecule has 1 aromatic heterocycles. The topological polar surface area (TPSA) is 71.8 Å². The predicted molar refractivity (Wildman–Crippen MR) is 109 cm³/mol. The number of carbonyl (C=O) groups excluding carboxylic acids is 1. The summed E-state index contributed by atoms with van der Waals surface area (Å²) in [6.45, 7) is 1.79. The minimum absolute atomic E-state index is 0.0208. The number of benzene rings is 2. The van der Waals surface area contributed by atoms with Crippen molar-refractivity contribution < 1.29 is 23.7 Å². The summed E-state index contributed by atoms with van der Waals surface area (Å²) in [4.78, 5) is 12.6. The van der Waals surface area contributed by atoms with E-state index in [1.54, 1.807) is 4.68 Å². The second kappa shape index (κ2) is 8.87. The van der Waals surface area contributed by atoms with Gasteiger partial charge in [-0.2, -0.15) is 5.10 Å². The van der Waals surface area contributed by atoms with E-state index in [9.17, 15) is 4.79 Å². The van der Waals surface area contributed by atoms with Crippen LogP contribution in [-0.2, 0) is 11.3 Å². The third kappa shape index (κ3) is 4.14. The van der Waals surface area contributed by atoms with Crippen molar-refractivity contribution in [1.29, 1.82) is 0 Å². The van der Waals surface area contributed by atoms with Gasteiger partial charge in [-0.3, -0.25) is 0 Å². The van der Waals surface area contributed by atoms with Crippen LogP contribution in [0.5, 0.6) is 17.2 Å². The molecular weight excluding hydrogens is 396 g/mol. The smallest absolute Gasteiger partial charge is 0.338 e. The Kier molecular flexibility index (Phi) is 6.29. The number of aryl methyl sites for hydroxylation is 1. The summed E-state index contributed by atoms with van der Waals surface area (Å²) in [7, 11) is 4.45. The standard InChI is InChI=1S/C21H21ClN2O5/c1-13-16(20(22)24(23-13)15-8-6-5-7-9-15)12-29-21(25)14-10-17(26-2)19(28-4)18(11-14)27-3/h5-11H,12H2,1-4H3. The summed E-state index contributed by atoms with van der Waals surface area (Å²) in [5.41, 5.74) is 2.40. The number of esters is 1. The van der Waals surface area contributed by atoms with Gasteiger partial charge in [-0.1, -0.05) is 29.8 Å². The molecule has 0 atom stereocenters. The monoisotopic (exact) mass is 416 g/mol. The molecule has 152 valence electrons. The third-order valence-corrected chi connectivity index (χ3v) is 4.76. The molecule has 0 N–H and O–H groups in total. The Hall–Kier alpha value is -3.19. The molecule has 0 fully saturated rings. The van der Waals surface area contributed by atoms with Crippen LogP contribution >= 0.6 is 11.6 Å². The predicted octanol–water partition coefficient (Wildman–Crippen LogP) is 4.22. The molecule has 7 nitrogen and oxygen atoms in total. The highest BCUT2D eigenvalue weighted by molar-refractivity contribution is 6.30. The summed E-state index contributed by atoms with van der Waals surface area (Å²) in [6.07, 6.45) is 0. The fourth-order valence-electron chi connectivity index (χ4n) is 2.86. The summed E-state index contributed by atoms with van der Waals surface area (Å²) in [6, 6.07) is 12.6. The minimum atomic E-state index is -0.549. The van der Waals surface area contributed by atoms with Gasteiger partial charge in [-0.15, -0.1) is 0 Å². The van der Waals surface area contributed by atoms with Gasteiger partial charge in [0.05, 0.1) is 38.3 Å². The zero-order valence-corrected chi connectivity index (χ0v) is 17.3. The first kappa shape index (κ1) is 20.5.